The first-order valence-corrected chi connectivity index (χ1v) is 7.89. The molecule has 0 aliphatic carbocycles. The van der Waals surface area contributed by atoms with Crippen LogP contribution in [0.4, 0.5) is 4.79 Å². The van der Waals surface area contributed by atoms with Gasteiger partial charge >= 0.3 is 12.0 Å². The van der Waals surface area contributed by atoms with E-state index in [-0.39, 0.29) is 24.5 Å². The Morgan fingerprint density at radius 2 is 2.09 bits per heavy atom. The van der Waals surface area contributed by atoms with Crippen molar-refractivity contribution in [1.82, 2.24) is 10.2 Å². The van der Waals surface area contributed by atoms with Crippen molar-refractivity contribution in [2.75, 3.05) is 6.54 Å². The van der Waals surface area contributed by atoms with Gasteiger partial charge in [-0.25, -0.2) is 4.79 Å². The van der Waals surface area contributed by atoms with Crippen LogP contribution in [0, 0.1) is 0 Å². The summed E-state index contributed by atoms with van der Waals surface area (Å²) in [4.78, 5) is 25.0. The summed E-state index contributed by atoms with van der Waals surface area (Å²) >= 11 is 0. The number of carbonyl (C=O) groups excluding carboxylic acids is 1. The molecule has 1 fully saturated rings. The van der Waals surface area contributed by atoms with Crippen LogP contribution in [0.25, 0.3) is 0 Å². The lowest BCUT2D eigenvalue weighted by atomic mass is 10.0. The number of likely N-dealkylation sites (tertiary alicyclic amines) is 1. The van der Waals surface area contributed by atoms with Crippen molar-refractivity contribution in [2.45, 2.75) is 51.1 Å². The first kappa shape index (κ1) is 16.3. The molecule has 1 aliphatic heterocycles. The predicted octanol–water partition coefficient (Wildman–Crippen LogP) is 2.66. The van der Waals surface area contributed by atoms with Gasteiger partial charge in [-0.05, 0) is 38.2 Å². The third kappa shape index (κ3) is 4.76. The van der Waals surface area contributed by atoms with Crippen LogP contribution in [0.1, 0.15) is 38.2 Å². The molecule has 1 heterocycles. The molecule has 0 saturated carbocycles. The normalized spacial score (nSPS) is 19.0. The molecule has 120 valence electrons. The largest absolute Gasteiger partial charge is 0.481 e. The van der Waals surface area contributed by atoms with Crippen LogP contribution in [0.5, 0.6) is 0 Å². The number of nitrogens with zero attached hydrogens (tertiary/aromatic N) is 1. The maximum atomic E-state index is 12.4. The molecule has 2 N–H and O–H groups in total. The monoisotopic (exact) mass is 304 g/mol. The topological polar surface area (TPSA) is 69.6 Å². The van der Waals surface area contributed by atoms with Crippen molar-refractivity contribution in [1.29, 1.82) is 0 Å². The van der Waals surface area contributed by atoms with E-state index in [9.17, 15) is 9.59 Å². The fourth-order valence-corrected chi connectivity index (χ4v) is 2.91. The molecular formula is C17H24N2O3. The standard InChI is InChI=1S/C17H24N2O3/c1-13-6-5-11-19(13)17(22)18-15(9-10-16(20)21)12-14-7-3-2-4-8-14/h2-4,7-8,13,15H,5-6,9-12H2,1H3,(H,18,22)(H,20,21). The SMILES string of the molecule is CC1CCCN1C(=O)NC(CCC(=O)O)Cc1ccccc1. The fraction of sp³-hybridized carbons (Fsp3) is 0.529. The molecule has 1 saturated heterocycles. The van der Waals surface area contributed by atoms with Gasteiger partial charge in [-0.15, -0.1) is 0 Å². The number of aliphatic carboxylic acids is 1. The first-order chi connectivity index (χ1) is 10.6. The highest BCUT2D eigenvalue weighted by Crippen LogP contribution is 2.17. The molecule has 1 aromatic carbocycles. The highest BCUT2D eigenvalue weighted by molar-refractivity contribution is 5.75. The lowest BCUT2D eigenvalue weighted by Gasteiger charge is -2.26. The number of nitrogens with one attached hydrogen (secondary N) is 1. The summed E-state index contributed by atoms with van der Waals surface area (Å²) in [6, 6.07) is 9.88. The van der Waals surface area contributed by atoms with E-state index in [1.807, 2.05) is 35.2 Å². The zero-order valence-corrected chi connectivity index (χ0v) is 13.0. The molecule has 5 nitrogen and oxygen atoms in total. The van der Waals surface area contributed by atoms with Crippen LogP contribution in [-0.4, -0.2) is 40.6 Å². The molecule has 0 bridgehead atoms. The third-order valence-electron chi connectivity index (χ3n) is 4.17. The number of benzene rings is 1. The van der Waals surface area contributed by atoms with E-state index in [1.165, 1.54) is 0 Å². The molecule has 2 unspecified atom stereocenters. The summed E-state index contributed by atoms with van der Waals surface area (Å²) in [5.41, 5.74) is 1.10. The molecule has 2 amide bonds. The van der Waals surface area contributed by atoms with Crippen LogP contribution in [0.2, 0.25) is 0 Å². The Kier molecular flexibility index (Phi) is 5.81. The minimum atomic E-state index is -0.832. The van der Waals surface area contributed by atoms with E-state index in [4.69, 9.17) is 5.11 Å². The number of rotatable bonds is 6. The van der Waals surface area contributed by atoms with Gasteiger partial charge in [-0.3, -0.25) is 4.79 Å². The second-order valence-corrected chi connectivity index (χ2v) is 5.95. The van der Waals surface area contributed by atoms with Gasteiger partial charge in [-0.1, -0.05) is 30.3 Å². The molecule has 0 spiro atoms. The zero-order chi connectivity index (χ0) is 15.9. The molecule has 22 heavy (non-hydrogen) atoms. The Morgan fingerprint density at radius 3 is 2.68 bits per heavy atom. The van der Waals surface area contributed by atoms with E-state index in [2.05, 4.69) is 12.2 Å². The van der Waals surface area contributed by atoms with Gasteiger partial charge in [-0.2, -0.15) is 0 Å². The average molecular weight is 304 g/mol. The summed E-state index contributed by atoms with van der Waals surface area (Å²) in [6.07, 6.45) is 3.23. The molecule has 1 aliphatic rings. The van der Waals surface area contributed by atoms with E-state index in [1.54, 1.807) is 0 Å². The average Bonchev–Trinajstić information content (AvgIpc) is 2.92. The Labute approximate surface area is 131 Å². The lowest BCUT2D eigenvalue weighted by molar-refractivity contribution is -0.137. The second-order valence-electron chi connectivity index (χ2n) is 5.95. The number of carboxylic acid groups (broad SMARTS) is 1. The van der Waals surface area contributed by atoms with E-state index in [0.717, 1.165) is 24.9 Å². The Hall–Kier alpha value is -2.04. The molecule has 2 rings (SSSR count). The van der Waals surface area contributed by atoms with Crippen molar-refractivity contribution in [3.05, 3.63) is 35.9 Å². The number of urea groups is 1. The number of amides is 2. The third-order valence-corrected chi connectivity index (χ3v) is 4.17. The van der Waals surface area contributed by atoms with Crippen molar-refractivity contribution in [3.8, 4) is 0 Å². The minimum Gasteiger partial charge on any atom is -0.481 e. The van der Waals surface area contributed by atoms with Gasteiger partial charge in [0.25, 0.3) is 0 Å². The Bertz CT molecular complexity index is 504. The summed E-state index contributed by atoms with van der Waals surface area (Å²) in [5, 5.41) is 11.9. The highest BCUT2D eigenvalue weighted by Gasteiger charge is 2.26. The molecular weight excluding hydrogens is 280 g/mol. The lowest BCUT2D eigenvalue weighted by Crippen LogP contribution is -2.47. The van der Waals surface area contributed by atoms with Crippen LogP contribution in [0.3, 0.4) is 0 Å². The maximum Gasteiger partial charge on any atom is 0.317 e. The summed E-state index contributed by atoms with van der Waals surface area (Å²) < 4.78 is 0. The number of carboxylic acids is 1. The Balaban J connectivity index is 1.97. The highest BCUT2D eigenvalue weighted by atomic mass is 16.4. The van der Waals surface area contributed by atoms with Crippen LogP contribution in [-0.2, 0) is 11.2 Å². The zero-order valence-electron chi connectivity index (χ0n) is 13.0. The van der Waals surface area contributed by atoms with Gasteiger partial charge in [0.1, 0.15) is 0 Å². The number of hydrogen-bond donors (Lipinski definition) is 2. The maximum absolute atomic E-state index is 12.4. The number of carbonyl (C=O) groups is 2. The minimum absolute atomic E-state index is 0.0628. The van der Waals surface area contributed by atoms with Crippen molar-refractivity contribution < 1.29 is 14.7 Å². The van der Waals surface area contributed by atoms with Crippen LogP contribution >= 0.6 is 0 Å². The van der Waals surface area contributed by atoms with E-state index < -0.39 is 5.97 Å². The molecule has 1 aromatic rings. The van der Waals surface area contributed by atoms with Gasteiger partial charge in [0, 0.05) is 25.0 Å². The quantitative estimate of drug-likeness (QED) is 0.849. The molecule has 5 heteroatoms. The molecule has 0 radical (unpaired) electrons. The molecule has 0 aromatic heterocycles. The number of hydrogen-bond acceptors (Lipinski definition) is 2. The van der Waals surface area contributed by atoms with Gasteiger partial charge in [0.15, 0.2) is 0 Å². The van der Waals surface area contributed by atoms with Crippen LogP contribution < -0.4 is 5.32 Å². The van der Waals surface area contributed by atoms with Crippen molar-refractivity contribution in [2.24, 2.45) is 0 Å². The van der Waals surface area contributed by atoms with Gasteiger partial charge < -0.3 is 15.3 Å². The summed E-state index contributed by atoms with van der Waals surface area (Å²) in [6.45, 7) is 2.83. The molecule has 2 atom stereocenters. The summed E-state index contributed by atoms with van der Waals surface area (Å²) in [7, 11) is 0. The smallest absolute Gasteiger partial charge is 0.317 e. The van der Waals surface area contributed by atoms with E-state index >= 15 is 0 Å². The van der Waals surface area contributed by atoms with Gasteiger partial charge in [0.05, 0.1) is 0 Å². The van der Waals surface area contributed by atoms with Crippen molar-refractivity contribution >= 4 is 12.0 Å². The first-order valence-electron chi connectivity index (χ1n) is 7.89. The van der Waals surface area contributed by atoms with Crippen molar-refractivity contribution in [3.63, 3.8) is 0 Å². The fourth-order valence-electron chi connectivity index (χ4n) is 2.91. The van der Waals surface area contributed by atoms with Gasteiger partial charge in [0.2, 0.25) is 0 Å². The summed E-state index contributed by atoms with van der Waals surface area (Å²) in [5.74, 6) is -0.832. The van der Waals surface area contributed by atoms with Crippen LogP contribution in [0.15, 0.2) is 30.3 Å². The predicted molar refractivity (Wildman–Crippen MR) is 84.7 cm³/mol. The van der Waals surface area contributed by atoms with E-state index in [0.29, 0.717) is 12.8 Å². The second kappa shape index (κ2) is 7.82. The Morgan fingerprint density at radius 1 is 1.36 bits per heavy atom.